The van der Waals surface area contributed by atoms with Gasteiger partial charge in [0.2, 0.25) is 0 Å². The second-order valence-electron chi connectivity index (χ2n) is 5.51. The van der Waals surface area contributed by atoms with E-state index in [1.165, 1.54) is 18.2 Å². The van der Waals surface area contributed by atoms with Crippen molar-refractivity contribution in [2.24, 2.45) is 0 Å². The van der Waals surface area contributed by atoms with Gasteiger partial charge < -0.3 is 10.6 Å². The Kier molecular flexibility index (Phi) is 5.06. The monoisotopic (exact) mass is 338 g/mol. The lowest BCUT2D eigenvalue weighted by atomic mass is 10.2. The van der Waals surface area contributed by atoms with Crippen molar-refractivity contribution in [1.29, 1.82) is 0 Å². The normalized spacial score (nSPS) is 11.5. The summed E-state index contributed by atoms with van der Waals surface area (Å²) in [7, 11) is 0. The molecule has 128 valence electrons. The van der Waals surface area contributed by atoms with Crippen molar-refractivity contribution in [2.75, 3.05) is 10.6 Å². The average Bonchev–Trinajstić information content (AvgIpc) is 2.45. The van der Waals surface area contributed by atoms with Gasteiger partial charge in [-0.25, -0.2) is 9.97 Å². The van der Waals surface area contributed by atoms with Crippen LogP contribution in [0, 0.1) is 6.92 Å². The van der Waals surface area contributed by atoms with Crippen LogP contribution in [0.1, 0.15) is 35.7 Å². The molecule has 1 heterocycles. The summed E-state index contributed by atoms with van der Waals surface area (Å²) >= 11 is 0. The van der Waals surface area contributed by atoms with Crippen LogP contribution < -0.4 is 10.6 Å². The first-order valence-electron chi connectivity index (χ1n) is 7.26. The summed E-state index contributed by atoms with van der Waals surface area (Å²) in [5, 5.41) is 5.59. The van der Waals surface area contributed by atoms with E-state index in [-0.39, 0.29) is 17.4 Å². The molecular formula is C16H17F3N4O. The van der Waals surface area contributed by atoms with E-state index >= 15 is 0 Å². The lowest BCUT2D eigenvalue weighted by molar-refractivity contribution is -0.137. The summed E-state index contributed by atoms with van der Waals surface area (Å²) in [5.41, 5.74) is -0.394. The maximum atomic E-state index is 12.5. The van der Waals surface area contributed by atoms with Gasteiger partial charge in [-0.15, -0.1) is 0 Å². The molecule has 2 rings (SSSR count). The number of anilines is 2. The minimum Gasteiger partial charge on any atom is -0.368 e. The van der Waals surface area contributed by atoms with Crippen molar-refractivity contribution in [3.63, 3.8) is 0 Å². The zero-order valence-electron chi connectivity index (χ0n) is 13.4. The van der Waals surface area contributed by atoms with Crippen molar-refractivity contribution in [3.05, 3.63) is 47.4 Å². The summed E-state index contributed by atoms with van der Waals surface area (Å²) in [4.78, 5) is 20.5. The molecule has 24 heavy (non-hydrogen) atoms. The van der Waals surface area contributed by atoms with Crippen LogP contribution in [0.4, 0.5) is 24.7 Å². The first-order chi connectivity index (χ1) is 11.1. The second-order valence-corrected chi connectivity index (χ2v) is 5.51. The molecule has 0 fully saturated rings. The van der Waals surface area contributed by atoms with Crippen LogP contribution in [-0.4, -0.2) is 21.9 Å². The molecule has 1 amide bonds. The van der Waals surface area contributed by atoms with Crippen LogP contribution in [0.3, 0.4) is 0 Å². The predicted molar refractivity (Wildman–Crippen MR) is 84.9 cm³/mol. The van der Waals surface area contributed by atoms with Gasteiger partial charge in [0, 0.05) is 17.8 Å². The number of amides is 1. The fourth-order valence-corrected chi connectivity index (χ4v) is 1.99. The summed E-state index contributed by atoms with van der Waals surface area (Å²) in [6, 6.07) is 5.83. The maximum Gasteiger partial charge on any atom is 0.416 e. The lowest BCUT2D eigenvalue weighted by Gasteiger charge is -2.12. The summed E-state index contributed by atoms with van der Waals surface area (Å²) < 4.78 is 37.6. The number of aryl methyl sites for hydroxylation is 1. The smallest absolute Gasteiger partial charge is 0.368 e. The number of hydrogen-bond acceptors (Lipinski definition) is 4. The number of rotatable bonds is 4. The van der Waals surface area contributed by atoms with Crippen LogP contribution in [0.25, 0.3) is 0 Å². The molecule has 0 aliphatic carbocycles. The van der Waals surface area contributed by atoms with Crippen LogP contribution in [0.5, 0.6) is 0 Å². The molecule has 1 aromatic heterocycles. The Bertz CT molecular complexity index is 727. The van der Waals surface area contributed by atoms with Crippen molar-refractivity contribution in [3.8, 4) is 0 Å². The molecule has 0 spiro atoms. The zero-order valence-corrected chi connectivity index (χ0v) is 13.4. The van der Waals surface area contributed by atoms with Gasteiger partial charge in [-0.05, 0) is 45.0 Å². The fraction of sp³-hybridized carbons (Fsp3) is 0.312. The highest BCUT2D eigenvalue weighted by Gasteiger charge is 2.30. The topological polar surface area (TPSA) is 66.9 Å². The Morgan fingerprint density at radius 3 is 2.29 bits per heavy atom. The third-order valence-corrected chi connectivity index (χ3v) is 2.98. The number of halogens is 3. The molecule has 0 aliphatic rings. The van der Waals surface area contributed by atoms with Crippen molar-refractivity contribution in [1.82, 2.24) is 9.97 Å². The molecule has 5 nitrogen and oxygen atoms in total. The van der Waals surface area contributed by atoms with E-state index in [1.807, 2.05) is 13.8 Å². The first-order valence-corrected chi connectivity index (χ1v) is 7.26. The highest BCUT2D eigenvalue weighted by atomic mass is 19.4. The van der Waals surface area contributed by atoms with Gasteiger partial charge in [-0.2, -0.15) is 13.2 Å². The van der Waals surface area contributed by atoms with Crippen molar-refractivity contribution >= 4 is 17.4 Å². The van der Waals surface area contributed by atoms with E-state index < -0.39 is 17.6 Å². The van der Waals surface area contributed by atoms with E-state index in [4.69, 9.17) is 0 Å². The standard InChI is InChI=1S/C16H17F3N4O/c1-9(2)20-14-8-13(21-10(3)22-14)15(24)23-12-6-4-11(5-7-12)16(17,18)19/h4-9H,1-3H3,(H,23,24)(H,20,21,22). The molecule has 0 aliphatic heterocycles. The third-order valence-electron chi connectivity index (χ3n) is 2.98. The Labute approximate surface area is 137 Å². The van der Waals surface area contributed by atoms with Crippen molar-refractivity contribution < 1.29 is 18.0 Å². The largest absolute Gasteiger partial charge is 0.416 e. The molecule has 0 atom stereocenters. The Morgan fingerprint density at radius 1 is 1.12 bits per heavy atom. The molecule has 0 saturated heterocycles. The number of carbonyl (C=O) groups is 1. The first kappa shape index (κ1) is 17.7. The van der Waals surface area contributed by atoms with Gasteiger partial charge in [0.15, 0.2) is 0 Å². The molecule has 2 N–H and O–H groups in total. The summed E-state index contributed by atoms with van der Waals surface area (Å²) in [6.07, 6.45) is -4.41. The fourth-order valence-electron chi connectivity index (χ4n) is 1.99. The van der Waals surface area contributed by atoms with Gasteiger partial charge in [0.1, 0.15) is 17.3 Å². The number of hydrogen-bond donors (Lipinski definition) is 2. The van der Waals surface area contributed by atoms with Crippen LogP contribution >= 0.6 is 0 Å². The number of alkyl halides is 3. The SMILES string of the molecule is Cc1nc(NC(C)C)cc(C(=O)Nc2ccc(C(F)(F)F)cc2)n1. The van der Waals surface area contributed by atoms with Gasteiger partial charge in [-0.3, -0.25) is 4.79 Å². The molecule has 0 bridgehead atoms. The summed E-state index contributed by atoms with van der Waals surface area (Å²) in [5.74, 6) is 0.403. The Balaban J connectivity index is 2.16. The summed E-state index contributed by atoms with van der Waals surface area (Å²) in [6.45, 7) is 5.51. The molecule has 0 unspecified atom stereocenters. The minimum atomic E-state index is -4.41. The van der Waals surface area contributed by atoms with Crippen LogP contribution in [0.2, 0.25) is 0 Å². The van der Waals surface area contributed by atoms with Gasteiger partial charge in [-0.1, -0.05) is 0 Å². The van der Waals surface area contributed by atoms with E-state index in [2.05, 4.69) is 20.6 Å². The highest BCUT2D eigenvalue weighted by molar-refractivity contribution is 6.03. The quantitative estimate of drug-likeness (QED) is 0.888. The zero-order chi connectivity index (χ0) is 17.9. The Morgan fingerprint density at radius 2 is 1.75 bits per heavy atom. The number of carbonyl (C=O) groups excluding carboxylic acids is 1. The van der Waals surface area contributed by atoms with Crippen molar-refractivity contribution in [2.45, 2.75) is 33.0 Å². The van der Waals surface area contributed by atoms with E-state index in [1.54, 1.807) is 6.92 Å². The molecule has 2 aromatic rings. The van der Waals surface area contributed by atoms with Gasteiger partial charge >= 0.3 is 6.18 Å². The third kappa shape index (κ3) is 4.68. The van der Waals surface area contributed by atoms with E-state index in [0.29, 0.717) is 11.6 Å². The predicted octanol–water partition coefficient (Wildman–Crippen LogP) is 3.88. The molecular weight excluding hydrogens is 321 g/mol. The van der Waals surface area contributed by atoms with E-state index in [9.17, 15) is 18.0 Å². The molecule has 1 aromatic carbocycles. The van der Waals surface area contributed by atoms with Crippen LogP contribution in [-0.2, 0) is 6.18 Å². The number of nitrogens with one attached hydrogen (secondary N) is 2. The van der Waals surface area contributed by atoms with Gasteiger partial charge in [0.25, 0.3) is 5.91 Å². The van der Waals surface area contributed by atoms with Crippen LogP contribution in [0.15, 0.2) is 30.3 Å². The molecule has 8 heteroatoms. The second kappa shape index (κ2) is 6.86. The molecule has 0 radical (unpaired) electrons. The lowest BCUT2D eigenvalue weighted by Crippen LogP contribution is -2.17. The average molecular weight is 338 g/mol. The van der Waals surface area contributed by atoms with Gasteiger partial charge in [0.05, 0.1) is 5.56 Å². The number of nitrogens with zero attached hydrogens (tertiary/aromatic N) is 2. The minimum absolute atomic E-state index is 0.130. The highest BCUT2D eigenvalue weighted by Crippen LogP contribution is 2.29. The van der Waals surface area contributed by atoms with E-state index in [0.717, 1.165) is 12.1 Å². The number of aromatic nitrogens is 2. The molecule has 0 saturated carbocycles. The number of benzene rings is 1. The maximum absolute atomic E-state index is 12.5. The Hall–Kier alpha value is -2.64.